The van der Waals surface area contributed by atoms with E-state index >= 15 is 0 Å². The molecule has 1 aliphatic rings. The second-order valence-electron chi connectivity index (χ2n) is 7.65. The number of esters is 1. The van der Waals surface area contributed by atoms with Gasteiger partial charge in [0.1, 0.15) is 11.6 Å². The van der Waals surface area contributed by atoms with Gasteiger partial charge < -0.3 is 14.4 Å². The van der Waals surface area contributed by atoms with Crippen LogP contribution in [0.25, 0.3) is 6.08 Å². The third-order valence-corrected chi connectivity index (χ3v) is 5.47. The maximum absolute atomic E-state index is 13.2. The molecule has 1 aliphatic carbocycles. The number of nitrogens with zero attached hydrogens (tertiary/aromatic N) is 1. The molecule has 0 aromatic heterocycles. The van der Waals surface area contributed by atoms with E-state index in [2.05, 4.69) is 0 Å². The first kappa shape index (κ1) is 22.5. The van der Waals surface area contributed by atoms with E-state index in [-0.39, 0.29) is 24.4 Å². The number of amides is 1. The maximum atomic E-state index is 13.2. The Balaban J connectivity index is 1.58. The van der Waals surface area contributed by atoms with Crippen molar-refractivity contribution in [3.05, 3.63) is 71.6 Å². The second-order valence-corrected chi connectivity index (χ2v) is 7.65. The zero-order valence-corrected chi connectivity index (χ0v) is 17.8. The molecular formula is C25H28FNO4. The summed E-state index contributed by atoms with van der Waals surface area (Å²) < 4.78 is 23.5. The van der Waals surface area contributed by atoms with Crippen molar-refractivity contribution in [3.8, 4) is 5.75 Å². The average Bonchev–Trinajstić information content (AvgIpc) is 2.81. The van der Waals surface area contributed by atoms with Gasteiger partial charge in [0, 0.05) is 18.7 Å². The molecule has 2 aromatic rings. The van der Waals surface area contributed by atoms with Gasteiger partial charge in [-0.1, -0.05) is 43.5 Å². The molecule has 1 saturated carbocycles. The first-order valence-electron chi connectivity index (χ1n) is 10.6. The minimum atomic E-state index is -0.574. The van der Waals surface area contributed by atoms with Crippen LogP contribution in [0.2, 0.25) is 0 Å². The monoisotopic (exact) mass is 425 g/mol. The lowest BCUT2D eigenvalue weighted by molar-refractivity contribution is -0.150. The van der Waals surface area contributed by atoms with Crippen LogP contribution in [0, 0.1) is 5.82 Å². The molecule has 0 bridgehead atoms. The highest BCUT2D eigenvalue weighted by Gasteiger charge is 2.26. The molecule has 0 radical (unpaired) electrons. The fraction of sp³-hybridized carbons (Fsp3) is 0.360. The van der Waals surface area contributed by atoms with Crippen molar-refractivity contribution in [2.45, 2.75) is 44.7 Å². The molecule has 3 rings (SSSR count). The summed E-state index contributed by atoms with van der Waals surface area (Å²) in [5, 5.41) is 0. The number of methoxy groups -OCH3 is 1. The Kier molecular flexibility index (Phi) is 8.21. The summed E-state index contributed by atoms with van der Waals surface area (Å²) in [6, 6.07) is 13.5. The third kappa shape index (κ3) is 6.95. The Morgan fingerprint density at radius 3 is 2.35 bits per heavy atom. The van der Waals surface area contributed by atoms with Crippen molar-refractivity contribution in [2.24, 2.45) is 0 Å². The summed E-state index contributed by atoms with van der Waals surface area (Å²) in [4.78, 5) is 26.8. The summed E-state index contributed by atoms with van der Waals surface area (Å²) in [5.74, 6) is -0.386. The van der Waals surface area contributed by atoms with Crippen molar-refractivity contribution in [3.63, 3.8) is 0 Å². The number of halogens is 1. The van der Waals surface area contributed by atoms with Crippen LogP contribution in [-0.2, 0) is 20.9 Å². The van der Waals surface area contributed by atoms with E-state index in [1.807, 2.05) is 12.1 Å². The Labute approximate surface area is 182 Å². The number of hydrogen-bond acceptors (Lipinski definition) is 4. The first-order chi connectivity index (χ1) is 15.0. The molecule has 0 N–H and O–H groups in total. The van der Waals surface area contributed by atoms with Crippen molar-refractivity contribution < 1.29 is 23.5 Å². The van der Waals surface area contributed by atoms with Crippen LogP contribution in [0.5, 0.6) is 5.75 Å². The topological polar surface area (TPSA) is 55.8 Å². The lowest BCUT2D eigenvalue weighted by Gasteiger charge is -2.34. The largest absolute Gasteiger partial charge is 0.497 e. The lowest BCUT2D eigenvalue weighted by atomic mass is 9.93. The van der Waals surface area contributed by atoms with Crippen LogP contribution in [0.1, 0.15) is 43.2 Å². The summed E-state index contributed by atoms with van der Waals surface area (Å²) in [5.41, 5.74) is 1.68. The number of hydrogen-bond donors (Lipinski definition) is 0. The van der Waals surface area contributed by atoms with Crippen LogP contribution < -0.4 is 4.74 Å². The summed E-state index contributed by atoms with van der Waals surface area (Å²) >= 11 is 0. The van der Waals surface area contributed by atoms with Gasteiger partial charge in [-0.3, -0.25) is 4.79 Å². The average molecular weight is 426 g/mol. The minimum Gasteiger partial charge on any atom is -0.497 e. The van der Waals surface area contributed by atoms with Gasteiger partial charge in [0.05, 0.1) is 7.11 Å². The molecule has 0 aliphatic heterocycles. The van der Waals surface area contributed by atoms with Gasteiger partial charge in [0.2, 0.25) is 0 Å². The third-order valence-electron chi connectivity index (χ3n) is 5.47. The van der Waals surface area contributed by atoms with Gasteiger partial charge >= 0.3 is 5.97 Å². The highest BCUT2D eigenvalue weighted by atomic mass is 19.1. The van der Waals surface area contributed by atoms with Crippen LogP contribution >= 0.6 is 0 Å². The van der Waals surface area contributed by atoms with Crippen molar-refractivity contribution in [1.82, 2.24) is 4.90 Å². The fourth-order valence-corrected chi connectivity index (χ4v) is 3.74. The van der Waals surface area contributed by atoms with E-state index in [1.165, 1.54) is 24.6 Å². The number of carbonyl (C=O) groups is 2. The van der Waals surface area contributed by atoms with E-state index in [0.29, 0.717) is 6.54 Å². The standard InChI is InChI=1S/C25H28FNO4/c1-30-23-14-9-19(10-15-23)11-16-25(29)31-18-24(28)27(22-5-3-2-4-6-22)17-20-7-12-21(26)13-8-20/h7-16,22H,2-6,17-18H2,1H3/b16-11+. The molecule has 0 heterocycles. The molecular weight excluding hydrogens is 397 g/mol. The molecule has 0 atom stereocenters. The van der Waals surface area contributed by atoms with E-state index in [1.54, 1.807) is 42.4 Å². The molecule has 31 heavy (non-hydrogen) atoms. The van der Waals surface area contributed by atoms with Gasteiger partial charge in [-0.15, -0.1) is 0 Å². The summed E-state index contributed by atoms with van der Waals surface area (Å²) in [6.07, 6.45) is 8.10. The van der Waals surface area contributed by atoms with Gasteiger partial charge in [-0.25, -0.2) is 9.18 Å². The number of carbonyl (C=O) groups excluding carboxylic acids is 2. The van der Waals surface area contributed by atoms with Crippen LogP contribution in [-0.4, -0.2) is 36.5 Å². The Morgan fingerprint density at radius 1 is 1.03 bits per heavy atom. The smallest absolute Gasteiger partial charge is 0.331 e. The molecule has 164 valence electrons. The van der Waals surface area contributed by atoms with Gasteiger partial charge in [-0.2, -0.15) is 0 Å². The zero-order chi connectivity index (χ0) is 22.1. The SMILES string of the molecule is COc1ccc(/C=C/C(=O)OCC(=O)N(Cc2ccc(F)cc2)C2CCCCC2)cc1. The molecule has 6 heteroatoms. The minimum absolute atomic E-state index is 0.111. The van der Waals surface area contributed by atoms with Crippen molar-refractivity contribution in [2.75, 3.05) is 13.7 Å². The van der Waals surface area contributed by atoms with Crippen LogP contribution in [0.3, 0.4) is 0 Å². The highest BCUT2D eigenvalue weighted by Crippen LogP contribution is 2.24. The predicted molar refractivity (Wildman–Crippen MR) is 117 cm³/mol. The van der Waals surface area contributed by atoms with Gasteiger partial charge in [-0.05, 0) is 54.3 Å². The quantitative estimate of drug-likeness (QED) is 0.452. The van der Waals surface area contributed by atoms with E-state index in [9.17, 15) is 14.0 Å². The predicted octanol–water partition coefficient (Wildman–Crippen LogP) is 4.75. The molecule has 1 amide bonds. The number of rotatable bonds is 8. The van der Waals surface area contributed by atoms with Crippen molar-refractivity contribution in [1.29, 1.82) is 0 Å². The number of benzene rings is 2. The molecule has 1 fully saturated rings. The Morgan fingerprint density at radius 2 is 1.71 bits per heavy atom. The molecule has 0 unspecified atom stereocenters. The Hall–Kier alpha value is -3.15. The normalized spacial score (nSPS) is 14.4. The first-order valence-corrected chi connectivity index (χ1v) is 10.6. The summed E-state index contributed by atoms with van der Waals surface area (Å²) in [6.45, 7) is 0.0620. The van der Waals surface area contributed by atoms with E-state index in [4.69, 9.17) is 9.47 Å². The van der Waals surface area contributed by atoms with E-state index in [0.717, 1.165) is 42.6 Å². The fourth-order valence-electron chi connectivity index (χ4n) is 3.74. The van der Waals surface area contributed by atoms with Crippen molar-refractivity contribution >= 4 is 18.0 Å². The molecule has 0 spiro atoms. The maximum Gasteiger partial charge on any atom is 0.331 e. The van der Waals surface area contributed by atoms with E-state index < -0.39 is 5.97 Å². The molecule has 0 saturated heterocycles. The Bertz CT molecular complexity index is 887. The second kappa shape index (κ2) is 11.3. The molecule has 2 aromatic carbocycles. The summed E-state index contributed by atoms with van der Waals surface area (Å²) in [7, 11) is 1.59. The van der Waals surface area contributed by atoms with Crippen LogP contribution in [0.4, 0.5) is 4.39 Å². The van der Waals surface area contributed by atoms with Crippen LogP contribution in [0.15, 0.2) is 54.6 Å². The molecule has 5 nitrogen and oxygen atoms in total. The lowest BCUT2D eigenvalue weighted by Crippen LogP contribution is -2.43. The van der Waals surface area contributed by atoms with Gasteiger partial charge in [0.15, 0.2) is 6.61 Å². The zero-order valence-electron chi connectivity index (χ0n) is 17.8. The highest BCUT2D eigenvalue weighted by molar-refractivity contribution is 5.89. The number of ether oxygens (including phenoxy) is 2. The van der Waals surface area contributed by atoms with Gasteiger partial charge in [0.25, 0.3) is 5.91 Å².